The van der Waals surface area contributed by atoms with Gasteiger partial charge in [-0.3, -0.25) is 15.1 Å². The van der Waals surface area contributed by atoms with Gasteiger partial charge >= 0.3 is 0 Å². The number of aliphatic hydroxyl groups is 1. The smallest absolute Gasteiger partial charge is 0.273 e. The van der Waals surface area contributed by atoms with Gasteiger partial charge in [0.2, 0.25) is 0 Å². The molecule has 5 nitrogen and oxygen atoms in total. The van der Waals surface area contributed by atoms with Crippen LogP contribution in [-0.2, 0) is 4.79 Å². The van der Waals surface area contributed by atoms with E-state index in [2.05, 4.69) is 5.32 Å². The van der Waals surface area contributed by atoms with E-state index < -0.39 is 12.1 Å². The Bertz CT molecular complexity index is 401. The first-order valence-corrected chi connectivity index (χ1v) is 5.10. The van der Waals surface area contributed by atoms with E-state index in [1.54, 1.807) is 20.9 Å². The number of halogens is 1. The van der Waals surface area contributed by atoms with E-state index in [4.69, 9.17) is 17.0 Å². The topological polar surface area (TPSA) is 76.4 Å². The molecule has 0 spiro atoms. The fraction of sp³-hybridized carbons (Fsp3) is 0.400. The monoisotopic (exact) mass is 243 g/mol. The summed E-state index contributed by atoms with van der Waals surface area (Å²) in [7, 11) is 1.71. The molecule has 88 valence electrons. The minimum absolute atomic E-state index is 0.0206. The highest BCUT2D eigenvalue weighted by Gasteiger charge is 2.36. The largest absolute Gasteiger partial charge is 0.392 e. The Morgan fingerprint density at radius 2 is 2.25 bits per heavy atom. The Hall–Kier alpha value is -1.33. The van der Waals surface area contributed by atoms with E-state index in [0.717, 1.165) is 4.90 Å². The van der Waals surface area contributed by atoms with Gasteiger partial charge in [0.1, 0.15) is 10.9 Å². The van der Waals surface area contributed by atoms with Gasteiger partial charge in [-0.25, -0.2) is 0 Å². The zero-order valence-electron chi connectivity index (χ0n) is 9.34. The molecule has 0 aliphatic carbocycles. The molecule has 0 saturated carbocycles. The van der Waals surface area contributed by atoms with Crippen molar-refractivity contribution < 1.29 is 9.90 Å². The molecule has 0 aromatic rings. The van der Waals surface area contributed by atoms with Gasteiger partial charge in [-0.15, -0.1) is 0 Å². The minimum atomic E-state index is -1.14. The van der Waals surface area contributed by atoms with E-state index in [1.807, 2.05) is 0 Å². The minimum Gasteiger partial charge on any atom is -0.392 e. The number of hydrogen-bond donors (Lipinski definition) is 3. The van der Waals surface area contributed by atoms with Crippen molar-refractivity contribution in [1.29, 1.82) is 5.41 Å². The van der Waals surface area contributed by atoms with Gasteiger partial charge in [-0.2, -0.15) is 0 Å². The summed E-state index contributed by atoms with van der Waals surface area (Å²) in [6.07, 6.45) is 0.303. The second-order valence-corrected chi connectivity index (χ2v) is 3.89. The summed E-state index contributed by atoms with van der Waals surface area (Å²) >= 11 is 5.71. The molecule has 1 rings (SSSR count). The van der Waals surface area contributed by atoms with Gasteiger partial charge in [0, 0.05) is 18.3 Å². The van der Waals surface area contributed by atoms with Crippen molar-refractivity contribution in [3.8, 4) is 0 Å². The van der Waals surface area contributed by atoms with Crippen LogP contribution in [0, 0.1) is 5.41 Å². The van der Waals surface area contributed by atoms with E-state index >= 15 is 0 Å². The molecular formula is C10H14ClN3O2. The van der Waals surface area contributed by atoms with Crippen LogP contribution in [0.2, 0.25) is 0 Å². The number of carbonyl (C=O) groups is 1. The number of aliphatic hydroxyl groups excluding tert-OH is 1. The summed E-state index contributed by atoms with van der Waals surface area (Å²) in [5.41, 5.74) is 1.08. The Morgan fingerprint density at radius 3 is 2.62 bits per heavy atom. The van der Waals surface area contributed by atoms with Crippen LogP contribution in [0.25, 0.3) is 0 Å². The molecule has 1 atom stereocenters. The first kappa shape index (κ1) is 12.7. The molecule has 0 radical (unpaired) electrons. The summed E-state index contributed by atoms with van der Waals surface area (Å²) in [4.78, 5) is 12.6. The fourth-order valence-electron chi connectivity index (χ4n) is 1.28. The Balaban J connectivity index is 2.94. The van der Waals surface area contributed by atoms with Gasteiger partial charge in [-0.1, -0.05) is 11.6 Å². The van der Waals surface area contributed by atoms with Crippen LogP contribution in [0.5, 0.6) is 0 Å². The number of nitrogens with zero attached hydrogens (tertiary/aromatic N) is 1. The molecule has 0 saturated heterocycles. The highest BCUT2D eigenvalue weighted by molar-refractivity contribution is 6.44. The highest BCUT2D eigenvalue weighted by atomic mass is 35.5. The molecule has 1 amide bonds. The van der Waals surface area contributed by atoms with Crippen molar-refractivity contribution in [2.75, 3.05) is 7.05 Å². The second-order valence-electron chi connectivity index (χ2n) is 3.51. The Morgan fingerprint density at radius 1 is 1.69 bits per heavy atom. The van der Waals surface area contributed by atoms with Crippen molar-refractivity contribution in [2.45, 2.75) is 20.1 Å². The van der Waals surface area contributed by atoms with E-state index in [9.17, 15) is 9.90 Å². The molecule has 3 N–H and O–H groups in total. The molecule has 0 bridgehead atoms. The van der Waals surface area contributed by atoms with E-state index in [0.29, 0.717) is 11.3 Å². The standard InChI is InChI=1S/C10H14ClN3O2/c1-5(13-3)4-7(12)14-9(15)6(2)8(11)10(14)16/h4,9,12-13,15H,1-3H3/b5-4-,12-7?. The van der Waals surface area contributed by atoms with Crippen molar-refractivity contribution in [3.63, 3.8) is 0 Å². The third-order valence-electron chi connectivity index (χ3n) is 2.39. The number of amidine groups is 1. The molecule has 1 aliphatic rings. The maximum atomic E-state index is 11.6. The van der Waals surface area contributed by atoms with Crippen molar-refractivity contribution in [1.82, 2.24) is 10.2 Å². The van der Waals surface area contributed by atoms with Crippen LogP contribution in [0.3, 0.4) is 0 Å². The first-order chi connectivity index (χ1) is 7.40. The molecule has 1 aliphatic heterocycles. The lowest BCUT2D eigenvalue weighted by molar-refractivity contribution is -0.125. The predicted molar refractivity (Wildman–Crippen MR) is 61.9 cm³/mol. The summed E-state index contributed by atoms with van der Waals surface area (Å²) < 4.78 is 0. The van der Waals surface area contributed by atoms with Gasteiger partial charge in [0.05, 0.1) is 0 Å². The van der Waals surface area contributed by atoms with E-state index in [-0.39, 0.29) is 10.9 Å². The fourth-order valence-corrected chi connectivity index (χ4v) is 1.47. The molecule has 16 heavy (non-hydrogen) atoms. The molecule has 6 heteroatoms. The number of rotatable bonds is 2. The lowest BCUT2D eigenvalue weighted by Crippen LogP contribution is -2.39. The predicted octanol–water partition coefficient (Wildman–Crippen LogP) is 0.760. The first-order valence-electron chi connectivity index (χ1n) is 4.72. The van der Waals surface area contributed by atoms with Crippen LogP contribution in [-0.4, -0.2) is 35.0 Å². The van der Waals surface area contributed by atoms with Crippen molar-refractivity contribution in [3.05, 3.63) is 22.4 Å². The van der Waals surface area contributed by atoms with Crippen molar-refractivity contribution in [2.24, 2.45) is 0 Å². The molecule has 1 heterocycles. The third-order valence-corrected chi connectivity index (χ3v) is 2.85. The van der Waals surface area contributed by atoms with Crippen LogP contribution in [0.1, 0.15) is 13.8 Å². The number of carbonyl (C=O) groups excluding carboxylic acids is 1. The SMILES string of the molecule is CN/C(C)=C\C(=N)N1C(=O)C(Cl)=C(C)C1O. The van der Waals surface area contributed by atoms with Gasteiger partial charge in [0.25, 0.3) is 5.91 Å². The lowest BCUT2D eigenvalue weighted by atomic mass is 10.3. The van der Waals surface area contributed by atoms with Gasteiger partial charge in [0.15, 0.2) is 6.23 Å². The zero-order valence-corrected chi connectivity index (χ0v) is 10.1. The van der Waals surface area contributed by atoms with Gasteiger partial charge < -0.3 is 10.4 Å². The third kappa shape index (κ3) is 2.10. The molecule has 1 unspecified atom stereocenters. The normalized spacial score (nSPS) is 21.8. The Kier molecular flexibility index (Phi) is 3.72. The number of allylic oxidation sites excluding steroid dienone is 1. The molecule has 0 aromatic carbocycles. The summed E-state index contributed by atoms with van der Waals surface area (Å²) in [5.74, 6) is -0.642. The van der Waals surface area contributed by atoms with Crippen LogP contribution < -0.4 is 5.32 Å². The van der Waals surface area contributed by atoms with Crippen LogP contribution in [0.4, 0.5) is 0 Å². The van der Waals surface area contributed by atoms with Gasteiger partial charge in [-0.05, 0) is 19.9 Å². The van der Waals surface area contributed by atoms with Crippen molar-refractivity contribution >= 4 is 23.3 Å². The number of amides is 1. The quantitative estimate of drug-likeness (QED) is 0.495. The average Bonchev–Trinajstić information content (AvgIpc) is 2.43. The lowest BCUT2D eigenvalue weighted by Gasteiger charge is -2.20. The summed E-state index contributed by atoms with van der Waals surface area (Å²) in [6, 6.07) is 0. The van der Waals surface area contributed by atoms with Crippen LogP contribution >= 0.6 is 11.6 Å². The average molecular weight is 244 g/mol. The number of nitrogens with one attached hydrogen (secondary N) is 2. The Labute approximate surface area is 98.9 Å². The van der Waals surface area contributed by atoms with E-state index in [1.165, 1.54) is 6.08 Å². The highest BCUT2D eigenvalue weighted by Crippen LogP contribution is 2.27. The molecule has 0 aromatic heterocycles. The second kappa shape index (κ2) is 4.67. The summed E-state index contributed by atoms with van der Waals surface area (Å²) in [5, 5.41) is 20.2. The number of hydrogen-bond acceptors (Lipinski definition) is 4. The maximum absolute atomic E-state index is 11.6. The molecule has 0 fully saturated rings. The maximum Gasteiger partial charge on any atom is 0.273 e. The summed E-state index contributed by atoms with van der Waals surface area (Å²) in [6.45, 7) is 3.32. The van der Waals surface area contributed by atoms with Crippen LogP contribution in [0.15, 0.2) is 22.4 Å². The zero-order chi connectivity index (χ0) is 12.5. The molecular weight excluding hydrogens is 230 g/mol.